The van der Waals surface area contributed by atoms with Crippen LogP contribution in [0.3, 0.4) is 0 Å². The van der Waals surface area contributed by atoms with E-state index < -0.39 is 9.17 Å². The first-order chi connectivity index (χ1) is 1.73. The molecule has 3 nitrogen and oxygen atoms in total. The van der Waals surface area contributed by atoms with E-state index in [1.165, 1.54) is 0 Å². The number of hydrogen-bond donors (Lipinski definition) is 2. The Morgan fingerprint density at radius 1 is 1.33 bits per heavy atom. The molecule has 0 fully saturated rings. The molecule has 0 bridgehead atoms. The molecule has 0 aromatic rings. The summed E-state index contributed by atoms with van der Waals surface area (Å²) in [5, 5.41) is 0. The predicted octanol–water partition coefficient (Wildman–Crippen LogP) is -2.38. The second-order valence-electron chi connectivity index (χ2n) is 0.283. The summed E-state index contributed by atoms with van der Waals surface area (Å²) in [6.45, 7) is 0. The van der Waals surface area contributed by atoms with Gasteiger partial charge >= 0.3 is 9.17 Å². The van der Waals surface area contributed by atoms with Crippen molar-refractivity contribution in [3.05, 3.63) is 0 Å². The molecule has 29 valence electrons. The predicted molar refractivity (Wildman–Crippen MR) is 22.4 cm³/mol. The van der Waals surface area contributed by atoms with E-state index in [1.807, 2.05) is 0 Å². The third kappa shape index (κ3) is 470. The van der Waals surface area contributed by atoms with Crippen molar-refractivity contribution >= 4 is 36.7 Å². The Morgan fingerprint density at radius 3 is 1.33 bits per heavy atom. The Bertz CT molecular complexity index is 33.8. The van der Waals surface area contributed by atoms with Gasteiger partial charge < -0.3 is 9.59 Å². The van der Waals surface area contributed by atoms with E-state index in [9.17, 15) is 0 Å². The minimum absolute atomic E-state index is 0. The molecule has 0 rings (SSSR count). The second kappa shape index (κ2) is 9.01. The molecule has 6 heteroatoms. The van der Waals surface area contributed by atoms with Crippen molar-refractivity contribution in [3.8, 4) is 0 Å². The smallest absolute Gasteiger partial charge is 0.511 e. The van der Waals surface area contributed by atoms with Crippen LogP contribution in [0.15, 0.2) is 0 Å². The van der Waals surface area contributed by atoms with Gasteiger partial charge in [-0.2, -0.15) is 0 Å². The van der Waals surface area contributed by atoms with Gasteiger partial charge in [-0.3, -0.25) is 4.46 Å². The average molecular weight is 114 g/mol. The molecule has 0 aromatic heterocycles. The van der Waals surface area contributed by atoms with Crippen LogP contribution < -0.4 is 0 Å². The minimum atomic E-state index is -3.13. The van der Waals surface area contributed by atoms with E-state index in [-0.39, 0.29) is 27.5 Å². The fraction of sp³-hybridized carbons (Fsp3) is 0. The van der Waals surface area contributed by atoms with Crippen LogP contribution in [0.4, 0.5) is 0 Å². The van der Waals surface area contributed by atoms with Crippen molar-refractivity contribution in [2.45, 2.75) is 0 Å². The largest absolute Gasteiger partial charge is 0.761 e. The quantitative estimate of drug-likeness (QED) is 0.346. The van der Waals surface area contributed by atoms with Crippen molar-refractivity contribution in [2.75, 3.05) is 0 Å². The molecule has 5 radical (unpaired) electrons. The van der Waals surface area contributed by atoms with Crippen molar-refractivity contribution in [1.82, 2.24) is 0 Å². The zero-order valence-electron chi connectivity index (χ0n) is 3.09. The zero-order chi connectivity index (χ0) is 3.58. The first-order valence-electron chi connectivity index (χ1n) is 0.651. The molecule has 0 unspecified atom stereocenters. The van der Waals surface area contributed by atoms with Crippen LogP contribution in [0.25, 0.3) is 0 Å². The Hall–Kier alpha value is 0.318. The van der Waals surface area contributed by atoms with Crippen LogP contribution in [0.1, 0.15) is 0 Å². The minimum Gasteiger partial charge on any atom is -0.511 e. The van der Waals surface area contributed by atoms with Gasteiger partial charge in [0.2, 0.25) is 0 Å². The van der Waals surface area contributed by atoms with E-state index in [4.69, 9.17) is 14.1 Å². The van der Waals surface area contributed by atoms with Gasteiger partial charge in [0.1, 0.15) is 0 Å². The Kier molecular flexibility index (Phi) is 24.4. The molecule has 0 saturated heterocycles. The maximum Gasteiger partial charge on any atom is 0.761 e. The monoisotopic (exact) mass is 114 g/mol. The summed E-state index contributed by atoms with van der Waals surface area (Å²) in [7, 11) is -3.13. The van der Waals surface area contributed by atoms with E-state index >= 15 is 0 Å². The van der Waals surface area contributed by atoms with Gasteiger partial charge in [-0.1, -0.05) is 0 Å². The summed E-state index contributed by atoms with van der Waals surface area (Å²) >= 11 is 0. The van der Waals surface area contributed by atoms with Crippen LogP contribution in [-0.2, 0) is 4.46 Å². The summed E-state index contributed by atoms with van der Waals surface area (Å²) in [6, 6.07) is 0. The summed E-state index contributed by atoms with van der Waals surface area (Å²) in [6.07, 6.45) is 0. The van der Waals surface area contributed by atoms with Crippen molar-refractivity contribution in [1.29, 1.82) is 0 Å². The van der Waals surface area contributed by atoms with Crippen molar-refractivity contribution in [2.24, 2.45) is 0 Å². The van der Waals surface area contributed by atoms with Gasteiger partial charge in [0.25, 0.3) is 0 Å². The van der Waals surface area contributed by atoms with E-state index in [2.05, 4.69) is 0 Å². The molecule has 6 heavy (non-hydrogen) atoms. The molecule has 0 aliphatic carbocycles. The van der Waals surface area contributed by atoms with E-state index in [0.29, 0.717) is 0 Å². The fourth-order valence-corrected chi connectivity index (χ4v) is 0. The molecule has 0 aliphatic heterocycles. The molecular formula is H2AlBeO3Si. The van der Waals surface area contributed by atoms with Crippen LogP contribution >= 0.6 is 0 Å². The molecule has 0 heterocycles. The van der Waals surface area contributed by atoms with Crippen molar-refractivity contribution in [3.63, 3.8) is 0 Å². The molecule has 0 spiro atoms. The van der Waals surface area contributed by atoms with Crippen molar-refractivity contribution < 1.29 is 14.1 Å². The summed E-state index contributed by atoms with van der Waals surface area (Å²) < 4.78 is 8.74. The van der Waals surface area contributed by atoms with Crippen LogP contribution in [0.2, 0.25) is 0 Å². The molecule has 0 aromatic carbocycles. The summed E-state index contributed by atoms with van der Waals surface area (Å²) in [4.78, 5) is 14.3. The summed E-state index contributed by atoms with van der Waals surface area (Å²) in [5.74, 6) is 0. The van der Waals surface area contributed by atoms with Gasteiger partial charge in [0.15, 0.2) is 0 Å². The summed E-state index contributed by atoms with van der Waals surface area (Å²) in [5.41, 5.74) is 0. The third-order valence-electron chi connectivity index (χ3n) is 0. The Morgan fingerprint density at radius 2 is 1.33 bits per heavy atom. The third-order valence-corrected chi connectivity index (χ3v) is 0. The van der Waals surface area contributed by atoms with Gasteiger partial charge in [0.05, 0.1) is 0 Å². The fourth-order valence-electron chi connectivity index (χ4n) is 0. The first kappa shape index (κ1) is 16.2. The van der Waals surface area contributed by atoms with Gasteiger partial charge in [-0.25, -0.2) is 0 Å². The van der Waals surface area contributed by atoms with Crippen LogP contribution in [-0.4, -0.2) is 46.2 Å². The topological polar surface area (TPSA) is 57.5 Å². The maximum absolute atomic E-state index is 8.74. The molecular weight excluding hydrogens is 112 g/mol. The van der Waals surface area contributed by atoms with Gasteiger partial charge in [-0.15, -0.1) is 0 Å². The number of rotatable bonds is 0. The Labute approximate surface area is 51.3 Å². The standard InChI is InChI=1S/Al.Be.H2O3Si/c;;1-4(2)3/h;;1-2H. The van der Waals surface area contributed by atoms with Crippen LogP contribution in [0, 0.1) is 0 Å². The Balaban J connectivity index is -0.0000000450. The first-order valence-corrected chi connectivity index (χ1v) is 1.95. The second-order valence-corrected chi connectivity index (χ2v) is 0.848. The molecule has 0 atom stereocenters. The normalized spacial score (nSPS) is 4.00. The molecule has 2 N–H and O–H groups in total. The zero-order valence-corrected chi connectivity index (χ0v) is 5.24. The molecule has 0 aliphatic rings. The van der Waals surface area contributed by atoms with Crippen LogP contribution in [0.5, 0.6) is 0 Å². The van der Waals surface area contributed by atoms with E-state index in [0.717, 1.165) is 0 Å². The average Bonchev–Trinajstić information content (AvgIpc) is 0.811. The molecule has 0 saturated carbocycles. The van der Waals surface area contributed by atoms with E-state index in [1.54, 1.807) is 0 Å². The molecule has 0 amide bonds. The van der Waals surface area contributed by atoms with Gasteiger partial charge in [-0.05, 0) is 0 Å². The maximum atomic E-state index is 8.74. The number of hydrogen-bond acceptors (Lipinski definition) is 1. The SMILES string of the molecule is O=[Si](O)O.[Al].[Be]. The van der Waals surface area contributed by atoms with Gasteiger partial charge in [0, 0.05) is 27.5 Å².